The predicted octanol–water partition coefficient (Wildman–Crippen LogP) is 0.503. The van der Waals surface area contributed by atoms with E-state index in [1.807, 2.05) is 0 Å². The molecule has 1 atom stereocenters. The zero-order valence-corrected chi connectivity index (χ0v) is 11.2. The number of aryl methyl sites for hydroxylation is 1. The fourth-order valence-electron chi connectivity index (χ4n) is 2.23. The molecule has 6 nitrogen and oxygen atoms in total. The first-order valence-corrected chi connectivity index (χ1v) is 7.73. The first kappa shape index (κ1) is 14.0. The van der Waals surface area contributed by atoms with Gasteiger partial charge in [0, 0.05) is 18.9 Å². The molecule has 1 fully saturated rings. The van der Waals surface area contributed by atoms with Crippen molar-refractivity contribution in [3.63, 3.8) is 0 Å². The molecule has 0 aromatic carbocycles. The van der Waals surface area contributed by atoms with Crippen molar-refractivity contribution in [3.05, 3.63) is 30.1 Å². The van der Waals surface area contributed by atoms with Gasteiger partial charge in [0.05, 0.1) is 5.75 Å². The number of carboxylic acid groups (broad SMARTS) is 1. The van der Waals surface area contributed by atoms with E-state index in [1.165, 1.54) is 0 Å². The largest absolute Gasteiger partial charge is 0.480 e. The summed E-state index contributed by atoms with van der Waals surface area (Å²) in [6.45, 7) is 0.301. The number of rotatable bonds is 5. The molecule has 1 aromatic rings. The highest BCUT2D eigenvalue weighted by Gasteiger charge is 2.38. The van der Waals surface area contributed by atoms with Crippen LogP contribution in [-0.4, -0.2) is 47.1 Å². The van der Waals surface area contributed by atoms with Crippen molar-refractivity contribution in [2.24, 2.45) is 0 Å². The number of hydrogen-bond donors (Lipinski definition) is 1. The monoisotopic (exact) mass is 284 g/mol. The number of hydrogen-bond acceptors (Lipinski definition) is 4. The summed E-state index contributed by atoms with van der Waals surface area (Å²) >= 11 is 0. The van der Waals surface area contributed by atoms with Crippen LogP contribution in [0.3, 0.4) is 0 Å². The lowest BCUT2D eigenvalue weighted by Crippen LogP contribution is -2.41. The van der Waals surface area contributed by atoms with Gasteiger partial charge in [-0.25, -0.2) is 8.42 Å². The van der Waals surface area contributed by atoms with E-state index in [-0.39, 0.29) is 5.75 Å². The highest BCUT2D eigenvalue weighted by atomic mass is 32.2. The van der Waals surface area contributed by atoms with Crippen LogP contribution < -0.4 is 0 Å². The summed E-state index contributed by atoms with van der Waals surface area (Å²) in [7, 11) is -3.52. The van der Waals surface area contributed by atoms with Crippen molar-refractivity contribution in [1.29, 1.82) is 0 Å². The molecule has 0 unspecified atom stereocenters. The van der Waals surface area contributed by atoms with Crippen LogP contribution in [0.4, 0.5) is 0 Å². The van der Waals surface area contributed by atoms with Gasteiger partial charge in [0.2, 0.25) is 10.0 Å². The van der Waals surface area contributed by atoms with Gasteiger partial charge in [-0.05, 0) is 37.0 Å². The molecule has 1 saturated heterocycles. The van der Waals surface area contributed by atoms with E-state index in [2.05, 4.69) is 4.98 Å². The van der Waals surface area contributed by atoms with Crippen LogP contribution in [0.25, 0.3) is 0 Å². The Morgan fingerprint density at radius 1 is 1.42 bits per heavy atom. The third-order valence-electron chi connectivity index (χ3n) is 3.24. The summed E-state index contributed by atoms with van der Waals surface area (Å²) < 4.78 is 25.5. The highest BCUT2D eigenvalue weighted by molar-refractivity contribution is 7.89. The van der Waals surface area contributed by atoms with Gasteiger partial charge in [-0.2, -0.15) is 4.31 Å². The number of sulfonamides is 1. The second-order valence-corrected chi connectivity index (χ2v) is 6.57. The van der Waals surface area contributed by atoms with Gasteiger partial charge in [-0.15, -0.1) is 0 Å². The molecule has 2 heterocycles. The first-order valence-electron chi connectivity index (χ1n) is 6.12. The van der Waals surface area contributed by atoms with Gasteiger partial charge in [-0.1, -0.05) is 0 Å². The summed E-state index contributed by atoms with van der Waals surface area (Å²) in [5, 5.41) is 9.02. The maximum absolute atomic E-state index is 12.2. The summed E-state index contributed by atoms with van der Waals surface area (Å²) in [4.78, 5) is 14.9. The predicted molar refractivity (Wildman–Crippen MR) is 69.1 cm³/mol. The Balaban J connectivity index is 2.04. The van der Waals surface area contributed by atoms with Crippen molar-refractivity contribution < 1.29 is 18.3 Å². The number of aromatic nitrogens is 1. The molecular weight excluding hydrogens is 268 g/mol. The highest BCUT2D eigenvalue weighted by Crippen LogP contribution is 2.22. The Bertz CT molecular complexity index is 544. The molecule has 0 radical (unpaired) electrons. The van der Waals surface area contributed by atoms with Crippen LogP contribution >= 0.6 is 0 Å². The van der Waals surface area contributed by atoms with Crippen LogP contribution in [0.1, 0.15) is 18.4 Å². The average molecular weight is 284 g/mol. The Labute approximate surface area is 112 Å². The van der Waals surface area contributed by atoms with Gasteiger partial charge < -0.3 is 5.11 Å². The lowest BCUT2D eigenvalue weighted by molar-refractivity contribution is -0.140. The van der Waals surface area contributed by atoms with Crippen LogP contribution in [-0.2, 0) is 21.2 Å². The van der Waals surface area contributed by atoms with E-state index < -0.39 is 22.0 Å². The van der Waals surface area contributed by atoms with Crippen LogP contribution in [0.5, 0.6) is 0 Å². The number of pyridine rings is 1. The van der Waals surface area contributed by atoms with Crippen molar-refractivity contribution in [2.45, 2.75) is 25.3 Å². The van der Waals surface area contributed by atoms with Gasteiger partial charge in [0.15, 0.2) is 0 Å². The van der Waals surface area contributed by atoms with E-state index in [0.29, 0.717) is 25.8 Å². The van der Waals surface area contributed by atoms with Crippen LogP contribution in [0, 0.1) is 0 Å². The smallest absolute Gasteiger partial charge is 0.322 e. The summed E-state index contributed by atoms with van der Waals surface area (Å²) in [5.41, 5.74) is 0.879. The molecular formula is C12H16N2O4S. The molecule has 0 spiro atoms. The summed E-state index contributed by atoms with van der Waals surface area (Å²) in [6, 6.07) is 2.62. The Morgan fingerprint density at radius 2 is 2.11 bits per heavy atom. The van der Waals surface area contributed by atoms with E-state index in [1.54, 1.807) is 24.5 Å². The molecule has 1 aromatic heterocycles. The molecule has 1 N–H and O–H groups in total. The maximum atomic E-state index is 12.2. The molecule has 19 heavy (non-hydrogen) atoms. The third-order valence-corrected chi connectivity index (χ3v) is 5.12. The average Bonchev–Trinajstić information content (AvgIpc) is 2.88. The van der Waals surface area contributed by atoms with Gasteiger partial charge >= 0.3 is 5.97 Å². The van der Waals surface area contributed by atoms with E-state index in [9.17, 15) is 13.2 Å². The minimum Gasteiger partial charge on any atom is -0.480 e. The first-order chi connectivity index (χ1) is 9.00. The fourth-order valence-corrected chi connectivity index (χ4v) is 3.95. The second kappa shape index (κ2) is 5.66. The Morgan fingerprint density at radius 3 is 2.74 bits per heavy atom. The quantitative estimate of drug-likeness (QED) is 0.851. The molecule has 7 heteroatoms. The molecule has 0 aliphatic carbocycles. The minimum absolute atomic E-state index is 0.0687. The molecule has 104 valence electrons. The molecule has 0 bridgehead atoms. The number of nitrogens with zero attached hydrogens (tertiary/aromatic N) is 2. The molecule has 0 saturated carbocycles. The number of aliphatic carboxylic acids is 1. The normalized spacial score (nSPS) is 20.5. The van der Waals surface area contributed by atoms with E-state index in [4.69, 9.17) is 5.11 Å². The van der Waals surface area contributed by atoms with Gasteiger partial charge in [-0.3, -0.25) is 9.78 Å². The second-order valence-electron chi connectivity index (χ2n) is 4.53. The Hall–Kier alpha value is -1.47. The molecule has 2 rings (SSSR count). The van der Waals surface area contributed by atoms with Crippen molar-refractivity contribution in [2.75, 3.05) is 12.3 Å². The topological polar surface area (TPSA) is 87.6 Å². The van der Waals surface area contributed by atoms with Crippen molar-refractivity contribution >= 4 is 16.0 Å². The lowest BCUT2D eigenvalue weighted by Gasteiger charge is -2.20. The zero-order chi connectivity index (χ0) is 13.9. The molecule has 1 aliphatic rings. The number of carboxylic acids is 1. The minimum atomic E-state index is -3.52. The summed E-state index contributed by atoms with van der Waals surface area (Å²) in [6.07, 6.45) is 4.58. The SMILES string of the molecule is O=C(O)[C@@H]1CCCN1S(=O)(=O)CCc1ccncc1. The number of carbonyl (C=O) groups is 1. The maximum Gasteiger partial charge on any atom is 0.322 e. The van der Waals surface area contributed by atoms with Crippen molar-refractivity contribution in [3.8, 4) is 0 Å². The van der Waals surface area contributed by atoms with Crippen LogP contribution in [0.15, 0.2) is 24.5 Å². The third kappa shape index (κ3) is 3.30. The standard InChI is InChI=1S/C12H16N2O4S/c15-12(16)11-2-1-8-14(11)19(17,18)9-5-10-3-6-13-7-4-10/h3-4,6-7,11H,1-2,5,8-9H2,(H,15,16)/t11-/m0/s1. The van der Waals surface area contributed by atoms with Gasteiger partial charge in [0.1, 0.15) is 6.04 Å². The van der Waals surface area contributed by atoms with E-state index >= 15 is 0 Å². The zero-order valence-electron chi connectivity index (χ0n) is 10.4. The van der Waals surface area contributed by atoms with Crippen LogP contribution in [0.2, 0.25) is 0 Å². The molecule has 0 amide bonds. The molecule has 1 aliphatic heterocycles. The lowest BCUT2D eigenvalue weighted by atomic mass is 10.2. The van der Waals surface area contributed by atoms with Gasteiger partial charge in [0.25, 0.3) is 0 Å². The Kier molecular flexibility index (Phi) is 4.16. The van der Waals surface area contributed by atoms with E-state index in [0.717, 1.165) is 9.87 Å². The van der Waals surface area contributed by atoms with Crippen molar-refractivity contribution in [1.82, 2.24) is 9.29 Å². The fraction of sp³-hybridized carbons (Fsp3) is 0.500. The summed E-state index contributed by atoms with van der Waals surface area (Å²) in [5.74, 6) is -1.13.